The highest BCUT2D eigenvalue weighted by Gasteiger charge is 2.11. The molecule has 8 heteroatoms. The van der Waals surface area contributed by atoms with Gasteiger partial charge in [-0.1, -0.05) is 6.07 Å². The molecule has 0 radical (unpaired) electrons. The Morgan fingerprint density at radius 2 is 2.05 bits per heavy atom. The average molecular weight is 274 g/mol. The van der Waals surface area contributed by atoms with E-state index < -0.39 is 10.9 Å². The number of aromatic nitrogens is 2. The topological polar surface area (TPSA) is 118 Å². The Kier molecular flexibility index (Phi) is 3.56. The Morgan fingerprint density at radius 3 is 2.60 bits per heavy atom. The molecule has 0 fully saturated rings. The summed E-state index contributed by atoms with van der Waals surface area (Å²) in [5.74, 6) is -0.872. The first-order chi connectivity index (χ1) is 9.47. The standard InChI is InChI=1S/C12H10N4O4/c1-7-2-3-8(6-10(7)16(19)20)13-11-5-4-9(12(17)18)14-15-11/h2-6H,1H3,(H,13,15)(H,17,18). The van der Waals surface area contributed by atoms with Gasteiger partial charge in [-0.2, -0.15) is 0 Å². The van der Waals surface area contributed by atoms with Gasteiger partial charge < -0.3 is 10.4 Å². The third kappa shape index (κ3) is 2.86. The normalized spacial score (nSPS) is 10.1. The van der Waals surface area contributed by atoms with Crippen LogP contribution in [-0.2, 0) is 0 Å². The van der Waals surface area contributed by atoms with Crippen LogP contribution in [0.3, 0.4) is 0 Å². The maximum Gasteiger partial charge on any atom is 0.356 e. The largest absolute Gasteiger partial charge is 0.476 e. The summed E-state index contributed by atoms with van der Waals surface area (Å²) in [7, 11) is 0. The van der Waals surface area contributed by atoms with Crippen LogP contribution in [0.5, 0.6) is 0 Å². The van der Waals surface area contributed by atoms with Crippen molar-refractivity contribution in [2.45, 2.75) is 6.92 Å². The number of aryl methyl sites for hydroxylation is 1. The number of anilines is 2. The molecule has 1 aromatic heterocycles. The Hall–Kier alpha value is -3.03. The van der Waals surface area contributed by atoms with E-state index in [9.17, 15) is 14.9 Å². The van der Waals surface area contributed by atoms with Crippen LogP contribution in [0.15, 0.2) is 30.3 Å². The number of carbonyl (C=O) groups is 1. The fourth-order valence-corrected chi connectivity index (χ4v) is 1.54. The highest BCUT2D eigenvalue weighted by atomic mass is 16.6. The van der Waals surface area contributed by atoms with Crippen molar-refractivity contribution in [2.24, 2.45) is 0 Å². The molecule has 0 atom stereocenters. The first-order valence-electron chi connectivity index (χ1n) is 5.56. The van der Waals surface area contributed by atoms with E-state index in [1.165, 1.54) is 18.2 Å². The summed E-state index contributed by atoms with van der Waals surface area (Å²) in [5.41, 5.74) is 0.836. The highest BCUT2D eigenvalue weighted by Crippen LogP contribution is 2.24. The van der Waals surface area contributed by atoms with Crippen molar-refractivity contribution < 1.29 is 14.8 Å². The van der Waals surface area contributed by atoms with Crippen LogP contribution in [0.4, 0.5) is 17.2 Å². The van der Waals surface area contributed by atoms with E-state index in [1.807, 2.05) is 0 Å². The van der Waals surface area contributed by atoms with E-state index >= 15 is 0 Å². The number of nitro benzene ring substituents is 1. The van der Waals surface area contributed by atoms with E-state index in [0.717, 1.165) is 0 Å². The van der Waals surface area contributed by atoms with Crippen LogP contribution in [0.2, 0.25) is 0 Å². The van der Waals surface area contributed by atoms with Gasteiger partial charge >= 0.3 is 5.97 Å². The number of nitrogens with one attached hydrogen (secondary N) is 1. The van der Waals surface area contributed by atoms with Gasteiger partial charge in [0.15, 0.2) is 11.5 Å². The molecule has 0 aliphatic carbocycles. The van der Waals surface area contributed by atoms with Crippen LogP contribution in [0.1, 0.15) is 16.1 Å². The number of carboxylic acids is 1. The zero-order valence-electron chi connectivity index (χ0n) is 10.4. The van der Waals surface area contributed by atoms with Gasteiger partial charge in [-0.25, -0.2) is 4.79 Å². The van der Waals surface area contributed by atoms with Crippen LogP contribution >= 0.6 is 0 Å². The zero-order valence-corrected chi connectivity index (χ0v) is 10.4. The third-order valence-corrected chi connectivity index (χ3v) is 2.56. The van der Waals surface area contributed by atoms with E-state index in [0.29, 0.717) is 17.1 Å². The van der Waals surface area contributed by atoms with Crippen molar-refractivity contribution in [3.05, 3.63) is 51.7 Å². The SMILES string of the molecule is Cc1ccc(Nc2ccc(C(=O)O)nn2)cc1[N+](=O)[O-]. The molecule has 8 nitrogen and oxygen atoms in total. The monoisotopic (exact) mass is 274 g/mol. The second-order valence-corrected chi connectivity index (χ2v) is 3.99. The summed E-state index contributed by atoms with van der Waals surface area (Å²) in [6.07, 6.45) is 0. The maximum atomic E-state index is 10.8. The molecule has 2 N–H and O–H groups in total. The lowest BCUT2D eigenvalue weighted by molar-refractivity contribution is -0.385. The van der Waals surface area contributed by atoms with Crippen LogP contribution in [0, 0.1) is 17.0 Å². The van der Waals surface area contributed by atoms with E-state index in [-0.39, 0.29) is 11.4 Å². The molecule has 102 valence electrons. The number of rotatable bonds is 4. The molecule has 1 aromatic carbocycles. The van der Waals surface area contributed by atoms with Crippen molar-refractivity contribution in [1.29, 1.82) is 0 Å². The van der Waals surface area contributed by atoms with Gasteiger partial charge in [-0.15, -0.1) is 10.2 Å². The predicted octanol–water partition coefficient (Wildman–Crippen LogP) is 2.14. The maximum absolute atomic E-state index is 10.8. The van der Waals surface area contributed by atoms with E-state index in [4.69, 9.17) is 5.11 Å². The Bertz CT molecular complexity index is 670. The van der Waals surface area contributed by atoms with Crippen molar-refractivity contribution in [1.82, 2.24) is 10.2 Å². The number of hydrogen-bond acceptors (Lipinski definition) is 6. The molecule has 1 heterocycles. The highest BCUT2D eigenvalue weighted by molar-refractivity contribution is 5.85. The molecular weight excluding hydrogens is 264 g/mol. The molecule has 0 unspecified atom stereocenters. The minimum atomic E-state index is -1.17. The molecular formula is C12H10N4O4. The molecule has 0 saturated heterocycles. The number of carboxylic acid groups (broad SMARTS) is 1. The lowest BCUT2D eigenvalue weighted by atomic mass is 10.2. The number of nitro groups is 1. The predicted molar refractivity (Wildman–Crippen MR) is 70.1 cm³/mol. The minimum Gasteiger partial charge on any atom is -0.476 e. The first kappa shape index (κ1) is 13.4. The second kappa shape index (κ2) is 5.31. The summed E-state index contributed by atoms with van der Waals surface area (Å²) >= 11 is 0. The Labute approximate surface area is 113 Å². The molecule has 2 aromatic rings. The number of hydrogen-bond donors (Lipinski definition) is 2. The van der Waals surface area contributed by atoms with Gasteiger partial charge in [0, 0.05) is 17.3 Å². The van der Waals surface area contributed by atoms with E-state index in [1.54, 1.807) is 19.1 Å². The third-order valence-electron chi connectivity index (χ3n) is 2.56. The van der Waals surface area contributed by atoms with Crippen LogP contribution in [0.25, 0.3) is 0 Å². The summed E-state index contributed by atoms with van der Waals surface area (Å²) in [5, 5.41) is 29.5. The Morgan fingerprint density at radius 1 is 1.30 bits per heavy atom. The fraction of sp³-hybridized carbons (Fsp3) is 0.0833. The number of nitrogens with zero attached hydrogens (tertiary/aromatic N) is 3. The minimum absolute atomic E-state index is 0.00915. The molecule has 0 bridgehead atoms. The van der Waals surface area contributed by atoms with Gasteiger partial charge in [0.1, 0.15) is 0 Å². The van der Waals surface area contributed by atoms with Crippen molar-refractivity contribution in [3.8, 4) is 0 Å². The lowest BCUT2D eigenvalue weighted by Gasteiger charge is -2.05. The van der Waals surface area contributed by atoms with Gasteiger partial charge in [0.25, 0.3) is 5.69 Å². The molecule has 0 spiro atoms. The molecule has 20 heavy (non-hydrogen) atoms. The summed E-state index contributed by atoms with van der Waals surface area (Å²) in [6, 6.07) is 7.37. The zero-order chi connectivity index (χ0) is 14.7. The Balaban J connectivity index is 2.23. The van der Waals surface area contributed by atoms with Crippen LogP contribution < -0.4 is 5.32 Å². The summed E-state index contributed by atoms with van der Waals surface area (Å²) in [6.45, 7) is 1.64. The summed E-state index contributed by atoms with van der Waals surface area (Å²) in [4.78, 5) is 21.0. The molecule has 0 aliphatic rings. The number of aromatic carboxylic acids is 1. The second-order valence-electron chi connectivity index (χ2n) is 3.99. The molecule has 0 saturated carbocycles. The smallest absolute Gasteiger partial charge is 0.356 e. The fourth-order valence-electron chi connectivity index (χ4n) is 1.54. The van der Waals surface area contributed by atoms with Gasteiger partial charge in [-0.3, -0.25) is 10.1 Å². The first-order valence-corrected chi connectivity index (χ1v) is 5.56. The summed E-state index contributed by atoms with van der Waals surface area (Å²) < 4.78 is 0. The molecule has 0 aliphatic heterocycles. The molecule has 2 rings (SSSR count). The van der Waals surface area contributed by atoms with Crippen molar-refractivity contribution >= 4 is 23.2 Å². The lowest BCUT2D eigenvalue weighted by Crippen LogP contribution is -2.03. The van der Waals surface area contributed by atoms with Crippen molar-refractivity contribution in [2.75, 3.05) is 5.32 Å². The quantitative estimate of drug-likeness (QED) is 0.647. The van der Waals surface area contributed by atoms with Gasteiger partial charge in [0.2, 0.25) is 0 Å². The van der Waals surface area contributed by atoms with Crippen molar-refractivity contribution in [3.63, 3.8) is 0 Å². The van der Waals surface area contributed by atoms with Gasteiger partial charge in [-0.05, 0) is 25.1 Å². The van der Waals surface area contributed by atoms with Gasteiger partial charge in [0.05, 0.1) is 4.92 Å². The number of benzene rings is 1. The molecule has 0 amide bonds. The van der Waals surface area contributed by atoms with Crippen LogP contribution in [-0.4, -0.2) is 26.2 Å². The van der Waals surface area contributed by atoms with E-state index in [2.05, 4.69) is 15.5 Å². The average Bonchev–Trinajstić information content (AvgIpc) is 2.41.